The maximum Gasteiger partial charge on any atom is 0.250 e. The van der Waals surface area contributed by atoms with Gasteiger partial charge in [0.1, 0.15) is 0 Å². The van der Waals surface area contributed by atoms with Crippen molar-refractivity contribution in [1.82, 2.24) is 25.1 Å². The maximum absolute atomic E-state index is 12.6. The van der Waals surface area contributed by atoms with Gasteiger partial charge in [-0.15, -0.1) is 0 Å². The molecule has 150 valence electrons. The zero-order valence-electron chi connectivity index (χ0n) is 16.7. The second-order valence-electron chi connectivity index (χ2n) is 7.27. The summed E-state index contributed by atoms with van der Waals surface area (Å²) in [4.78, 5) is 16.7. The minimum atomic E-state index is 0.212. The van der Waals surface area contributed by atoms with Crippen LogP contribution in [-0.4, -0.2) is 57.2 Å². The van der Waals surface area contributed by atoms with Crippen LogP contribution in [0, 0.1) is 0 Å². The second kappa shape index (κ2) is 8.86. The number of benzene rings is 2. The van der Waals surface area contributed by atoms with Gasteiger partial charge in [0, 0.05) is 32.6 Å². The standard InChI is InChI=1S/C22H26N6O/c1-2-18-9-6-10-20(17-18)28-22(23-24-25-28)27-15-13-26(14-16-27)21(29)12-11-19-7-4-3-5-8-19/h3-10,17H,2,11-16H2,1H3. The number of aromatic nitrogens is 4. The van der Waals surface area contributed by atoms with Crippen LogP contribution in [0.4, 0.5) is 5.95 Å². The van der Waals surface area contributed by atoms with E-state index in [2.05, 4.69) is 51.6 Å². The third-order valence-corrected chi connectivity index (χ3v) is 5.40. The predicted molar refractivity (Wildman–Crippen MR) is 112 cm³/mol. The van der Waals surface area contributed by atoms with Crippen LogP contribution >= 0.6 is 0 Å². The lowest BCUT2D eigenvalue weighted by Crippen LogP contribution is -2.49. The van der Waals surface area contributed by atoms with Crippen LogP contribution in [0.5, 0.6) is 0 Å². The molecule has 7 heteroatoms. The van der Waals surface area contributed by atoms with Gasteiger partial charge in [0.05, 0.1) is 5.69 Å². The number of aryl methyl sites for hydroxylation is 2. The number of rotatable bonds is 6. The molecule has 3 aromatic rings. The minimum Gasteiger partial charge on any atom is -0.339 e. The van der Waals surface area contributed by atoms with Crippen molar-refractivity contribution in [2.24, 2.45) is 0 Å². The molecular weight excluding hydrogens is 364 g/mol. The van der Waals surface area contributed by atoms with Crippen molar-refractivity contribution in [1.29, 1.82) is 0 Å². The van der Waals surface area contributed by atoms with Crippen molar-refractivity contribution < 1.29 is 4.79 Å². The summed E-state index contributed by atoms with van der Waals surface area (Å²) in [5.74, 6) is 0.943. The molecule has 29 heavy (non-hydrogen) atoms. The van der Waals surface area contributed by atoms with Gasteiger partial charge in [-0.2, -0.15) is 4.68 Å². The zero-order chi connectivity index (χ0) is 20.1. The molecule has 0 saturated carbocycles. The second-order valence-corrected chi connectivity index (χ2v) is 7.27. The van der Waals surface area contributed by atoms with E-state index in [0.717, 1.165) is 37.6 Å². The Labute approximate surface area is 170 Å². The monoisotopic (exact) mass is 390 g/mol. The van der Waals surface area contributed by atoms with E-state index in [9.17, 15) is 4.79 Å². The number of carbonyl (C=O) groups is 1. The Morgan fingerprint density at radius 3 is 2.48 bits per heavy atom. The summed E-state index contributed by atoms with van der Waals surface area (Å²) in [6.45, 7) is 4.97. The van der Waals surface area contributed by atoms with Gasteiger partial charge in [0.2, 0.25) is 11.9 Å². The summed E-state index contributed by atoms with van der Waals surface area (Å²) >= 11 is 0. The summed E-state index contributed by atoms with van der Waals surface area (Å²) in [6, 6.07) is 18.4. The minimum absolute atomic E-state index is 0.212. The third-order valence-electron chi connectivity index (χ3n) is 5.40. The number of hydrogen-bond donors (Lipinski definition) is 0. The van der Waals surface area contributed by atoms with Crippen molar-refractivity contribution in [3.05, 3.63) is 65.7 Å². The first-order valence-electron chi connectivity index (χ1n) is 10.2. The molecule has 0 spiro atoms. The molecule has 1 amide bonds. The molecular formula is C22H26N6O. The van der Waals surface area contributed by atoms with Crippen molar-refractivity contribution in [2.75, 3.05) is 31.1 Å². The number of hydrogen-bond acceptors (Lipinski definition) is 5. The van der Waals surface area contributed by atoms with Gasteiger partial charge in [0.25, 0.3) is 0 Å². The zero-order valence-corrected chi connectivity index (χ0v) is 16.7. The summed E-state index contributed by atoms with van der Waals surface area (Å²) in [6.07, 6.45) is 2.30. The molecule has 4 rings (SSSR count). The van der Waals surface area contributed by atoms with Crippen LogP contribution in [0.15, 0.2) is 54.6 Å². The highest BCUT2D eigenvalue weighted by Gasteiger charge is 2.24. The molecule has 0 radical (unpaired) electrons. The Hall–Kier alpha value is -3.22. The average molecular weight is 390 g/mol. The Balaban J connectivity index is 1.36. The topological polar surface area (TPSA) is 67.2 Å². The van der Waals surface area contributed by atoms with Gasteiger partial charge in [-0.3, -0.25) is 4.79 Å². The lowest BCUT2D eigenvalue weighted by atomic mass is 10.1. The van der Waals surface area contributed by atoms with Gasteiger partial charge in [-0.25, -0.2) is 0 Å². The van der Waals surface area contributed by atoms with Gasteiger partial charge in [0.15, 0.2) is 0 Å². The number of piperazine rings is 1. The molecule has 0 N–H and O–H groups in total. The highest BCUT2D eigenvalue weighted by molar-refractivity contribution is 5.76. The van der Waals surface area contributed by atoms with Crippen molar-refractivity contribution in [2.45, 2.75) is 26.2 Å². The van der Waals surface area contributed by atoms with Gasteiger partial charge >= 0.3 is 0 Å². The average Bonchev–Trinajstić information content (AvgIpc) is 3.28. The van der Waals surface area contributed by atoms with Crippen LogP contribution in [0.3, 0.4) is 0 Å². The fraction of sp³-hybridized carbons (Fsp3) is 0.364. The number of tetrazole rings is 1. The fourth-order valence-electron chi connectivity index (χ4n) is 3.66. The van der Waals surface area contributed by atoms with Crippen LogP contribution < -0.4 is 4.90 Å². The lowest BCUT2D eigenvalue weighted by molar-refractivity contribution is -0.131. The summed E-state index contributed by atoms with van der Waals surface area (Å²) in [5.41, 5.74) is 3.41. The summed E-state index contributed by atoms with van der Waals surface area (Å²) in [7, 11) is 0. The van der Waals surface area contributed by atoms with E-state index in [-0.39, 0.29) is 5.91 Å². The van der Waals surface area contributed by atoms with E-state index >= 15 is 0 Å². The number of anilines is 1. The highest BCUT2D eigenvalue weighted by atomic mass is 16.2. The number of carbonyl (C=O) groups excluding carboxylic acids is 1. The molecule has 0 aliphatic carbocycles. The SMILES string of the molecule is CCc1cccc(-n2nnnc2N2CCN(C(=O)CCc3ccccc3)CC2)c1. The van der Waals surface area contributed by atoms with Crippen LogP contribution in [0.25, 0.3) is 5.69 Å². The molecule has 2 aromatic carbocycles. The smallest absolute Gasteiger partial charge is 0.250 e. The van der Waals surface area contributed by atoms with E-state index in [4.69, 9.17) is 0 Å². The summed E-state index contributed by atoms with van der Waals surface area (Å²) in [5, 5.41) is 12.3. The molecule has 0 atom stereocenters. The van der Waals surface area contributed by atoms with Crippen molar-refractivity contribution in [3.8, 4) is 5.69 Å². The molecule has 1 saturated heterocycles. The van der Waals surface area contributed by atoms with E-state index in [0.29, 0.717) is 19.5 Å². The Bertz CT molecular complexity index is 947. The highest BCUT2D eigenvalue weighted by Crippen LogP contribution is 2.19. The first kappa shape index (κ1) is 19.1. The molecule has 1 fully saturated rings. The van der Waals surface area contributed by atoms with Crippen molar-refractivity contribution in [3.63, 3.8) is 0 Å². The van der Waals surface area contributed by atoms with Crippen molar-refractivity contribution >= 4 is 11.9 Å². The lowest BCUT2D eigenvalue weighted by Gasteiger charge is -2.34. The van der Waals surface area contributed by atoms with E-state index < -0.39 is 0 Å². The number of nitrogens with zero attached hydrogens (tertiary/aromatic N) is 6. The van der Waals surface area contributed by atoms with Gasteiger partial charge < -0.3 is 9.80 Å². The Kier molecular flexibility index (Phi) is 5.84. The molecule has 1 aliphatic rings. The van der Waals surface area contributed by atoms with Gasteiger partial charge in [-0.05, 0) is 46.5 Å². The number of amides is 1. The first-order chi connectivity index (χ1) is 14.2. The van der Waals surface area contributed by atoms with Crippen LogP contribution in [-0.2, 0) is 17.6 Å². The van der Waals surface area contributed by atoms with E-state index in [1.807, 2.05) is 35.2 Å². The fourth-order valence-corrected chi connectivity index (χ4v) is 3.66. The van der Waals surface area contributed by atoms with E-state index in [1.165, 1.54) is 11.1 Å². The first-order valence-corrected chi connectivity index (χ1v) is 10.2. The Morgan fingerprint density at radius 2 is 1.72 bits per heavy atom. The van der Waals surface area contributed by atoms with Crippen LogP contribution in [0.1, 0.15) is 24.5 Å². The molecule has 1 aliphatic heterocycles. The largest absolute Gasteiger partial charge is 0.339 e. The molecule has 0 bridgehead atoms. The molecule has 0 unspecified atom stereocenters. The van der Waals surface area contributed by atoms with E-state index in [1.54, 1.807) is 4.68 Å². The van der Waals surface area contributed by atoms with Gasteiger partial charge in [-0.1, -0.05) is 54.5 Å². The van der Waals surface area contributed by atoms with Crippen LogP contribution in [0.2, 0.25) is 0 Å². The predicted octanol–water partition coefficient (Wildman–Crippen LogP) is 2.51. The molecule has 1 aromatic heterocycles. The third kappa shape index (κ3) is 4.45. The quantitative estimate of drug-likeness (QED) is 0.647. The normalized spacial score (nSPS) is 14.2. The molecule has 7 nitrogen and oxygen atoms in total. The summed E-state index contributed by atoms with van der Waals surface area (Å²) < 4.78 is 1.78. The Morgan fingerprint density at radius 1 is 0.966 bits per heavy atom. The maximum atomic E-state index is 12.6. The molecule has 2 heterocycles.